The predicted octanol–water partition coefficient (Wildman–Crippen LogP) is 2.65. The molecular formula is C16H19ClNO+. The summed E-state index contributed by atoms with van der Waals surface area (Å²) in [5.41, 5.74) is 2.61. The van der Waals surface area contributed by atoms with Crippen molar-refractivity contribution in [1.29, 1.82) is 0 Å². The van der Waals surface area contributed by atoms with Gasteiger partial charge in [0, 0.05) is 17.0 Å². The maximum atomic E-state index is 5.86. The second-order valence-electron chi connectivity index (χ2n) is 4.51. The molecule has 0 aliphatic rings. The smallest absolute Gasteiger partial charge is 0.119 e. The van der Waals surface area contributed by atoms with Crippen molar-refractivity contribution in [3.63, 3.8) is 0 Å². The fourth-order valence-corrected chi connectivity index (χ4v) is 2.11. The topological polar surface area (TPSA) is 25.8 Å². The average Bonchev–Trinajstić information content (AvgIpc) is 2.46. The number of quaternary nitrogens is 1. The van der Waals surface area contributed by atoms with E-state index < -0.39 is 0 Å². The van der Waals surface area contributed by atoms with Crippen LogP contribution in [0, 0.1) is 0 Å². The van der Waals surface area contributed by atoms with E-state index in [0.29, 0.717) is 0 Å². The van der Waals surface area contributed by atoms with E-state index in [4.69, 9.17) is 16.3 Å². The number of rotatable bonds is 6. The number of hydrogen-bond donors (Lipinski definition) is 1. The van der Waals surface area contributed by atoms with Crippen LogP contribution in [0.15, 0.2) is 48.5 Å². The Kier molecular flexibility index (Phi) is 5.25. The van der Waals surface area contributed by atoms with Crippen LogP contribution in [-0.4, -0.2) is 13.7 Å². The first-order valence-corrected chi connectivity index (χ1v) is 6.85. The minimum absolute atomic E-state index is 0.795. The van der Waals surface area contributed by atoms with Crippen LogP contribution in [0.5, 0.6) is 5.75 Å². The highest BCUT2D eigenvalue weighted by Gasteiger charge is 1.99. The van der Waals surface area contributed by atoms with E-state index in [1.54, 1.807) is 7.11 Å². The van der Waals surface area contributed by atoms with E-state index in [1.807, 2.05) is 24.3 Å². The zero-order valence-corrected chi connectivity index (χ0v) is 11.9. The summed E-state index contributed by atoms with van der Waals surface area (Å²) in [5.74, 6) is 0.920. The molecule has 0 bridgehead atoms. The number of nitrogens with two attached hydrogens (primary N) is 1. The standard InChI is InChI=1S/C16H18ClNO/c1-19-16-4-2-3-14(11-16)12-18-10-9-13-5-7-15(17)8-6-13/h2-8,11,18H,9-10,12H2,1H3/p+1. The predicted molar refractivity (Wildman–Crippen MR) is 78.6 cm³/mol. The van der Waals surface area contributed by atoms with E-state index in [0.717, 1.165) is 30.3 Å². The minimum Gasteiger partial charge on any atom is -0.497 e. The van der Waals surface area contributed by atoms with Gasteiger partial charge in [-0.25, -0.2) is 0 Å². The molecule has 0 aliphatic carbocycles. The molecule has 0 fully saturated rings. The van der Waals surface area contributed by atoms with Crippen LogP contribution in [-0.2, 0) is 13.0 Å². The third kappa shape index (κ3) is 4.58. The minimum atomic E-state index is 0.795. The molecule has 2 rings (SSSR count). The van der Waals surface area contributed by atoms with Crippen molar-refractivity contribution >= 4 is 11.6 Å². The number of methoxy groups -OCH3 is 1. The molecule has 3 heteroatoms. The lowest BCUT2D eigenvalue weighted by atomic mass is 10.1. The van der Waals surface area contributed by atoms with Crippen LogP contribution < -0.4 is 10.1 Å². The van der Waals surface area contributed by atoms with Gasteiger partial charge in [-0.15, -0.1) is 0 Å². The molecule has 0 spiro atoms. The maximum absolute atomic E-state index is 5.86. The fraction of sp³-hybridized carbons (Fsp3) is 0.250. The summed E-state index contributed by atoms with van der Waals surface area (Å²) in [5, 5.41) is 3.10. The molecule has 0 aliphatic heterocycles. The van der Waals surface area contributed by atoms with Crippen LogP contribution in [0.3, 0.4) is 0 Å². The first-order valence-electron chi connectivity index (χ1n) is 6.47. The third-order valence-electron chi connectivity index (χ3n) is 3.06. The van der Waals surface area contributed by atoms with Gasteiger partial charge in [0.2, 0.25) is 0 Å². The van der Waals surface area contributed by atoms with Gasteiger partial charge in [-0.1, -0.05) is 35.9 Å². The molecule has 100 valence electrons. The van der Waals surface area contributed by atoms with Crippen LogP contribution in [0.1, 0.15) is 11.1 Å². The van der Waals surface area contributed by atoms with Gasteiger partial charge in [-0.2, -0.15) is 0 Å². The van der Waals surface area contributed by atoms with Crippen molar-refractivity contribution in [1.82, 2.24) is 0 Å². The van der Waals surface area contributed by atoms with Crippen LogP contribution in [0.4, 0.5) is 0 Å². The highest BCUT2D eigenvalue weighted by atomic mass is 35.5. The van der Waals surface area contributed by atoms with Crippen molar-refractivity contribution in [2.75, 3.05) is 13.7 Å². The summed E-state index contributed by atoms with van der Waals surface area (Å²) in [6.45, 7) is 2.05. The Balaban J connectivity index is 1.75. The lowest BCUT2D eigenvalue weighted by Gasteiger charge is -2.04. The van der Waals surface area contributed by atoms with Gasteiger partial charge in [0.25, 0.3) is 0 Å². The monoisotopic (exact) mass is 276 g/mol. The molecule has 0 radical (unpaired) electrons. The Morgan fingerprint density at radius 1 is 1.05 bits per heavy atom. The van der Waals surface area contributed by atoms with Crippen molar-refractivity contribution in [2.24, 2.45) is 0 Å². The largest absolute Gasteiger partial charge is 0.497 e. The van der Waals surface area contributed by atoms with Gasteiger partial charge in [0.05, 0.1) is 13.7 Å². The normalized spacial score (nSPS) is 10.4. The molecule has 0 unspecified atom stereocenters. The van der Waals surface area contributed by atoms with Gasteiger partial charge in [0.1, 0.15) is 12.3 Å². The lowest BCUT2D eigenvalue weighted by Crippen LogP contribution is -2.83. The molecule has 2 aromatic rings. The van der Waals surface area contributed by atoms with Crippen molar-refractivity contribution in [3.8, 4) is 5.75 Å². The zero-order chi connectivity index (χ0) is 13.5. The number of halogens is 1. The van der Waals surface area contributed by atoms with Crippen molar-refractivity contribution < 1.29 is 10.1 Å². The van der Waals surface area contributed by atoms with Gasteiger partial charge >= 0.3 is 0 Å². The van der Waals surface area contributed by atoms with E-state index in [2.05, 4.69) is 29.6 Å². The van der Waals surface area contributed by atoms with Gasteiger partial charge in [-0.05, 0) is 29.8 Å². The number of benzene rings is 2. The quantitative estimate of drug-likeness (QED) is 0.807. The summed E-state index contributed by atoms with van der Waals surface area (Å²) < 4.78 is 5.22. The first kappa shape index (κ1) is 13.9. The van der Waals surface area contributed by atoms with E-state index in [1.165, 1.54) is 11.1 Å². The first-order chi connectivity index (χ1) is 9.28. The molecule has 0 aromatic heterocycles. The van der Waals surface area contributed by atoms with Crippen LogP contribution in [0.2, 0.25) is 5.02 Å². The Labute approximate surface area is 119 Å². The van der Waals surface area contributed by atoms with Crippen LogP contribution in [0.25, 0.3) is 0 Å². The Bertz CT molecular complexity index is 510. The number of ether oxygens (including phenoxy) is 1. The molecule has 2 aromatic carbocycles. The Hall–Kier alpha value is -1.51. The maximum Gasteiger partial charge on any atom is 0.119 e. The molecule has 0 atom stereocenters. The highest BCUT2D eigenvalue weighted by Crippen LogP contribution is 2.11. The Morgan fingerprint density at radius 2 is 1.84 bits per heavy atom. The van der Waals surface area contributed by atoms with Crippen molar-refractivity contribution in [2.45, 2.75) is 13.0 Å². The van der Waals surface area contributed by atoms with Gasteiger partial charge < -0.3 is 10.1 Å². The second-order valence-corrected chi connectivity index (χ2v) is 4.95. The van der Waals surface area contributed by atoms with E-state index in [9.17, 15) is 0 Å². The van der Waals surface area contributed by atoms with Crippen molar-refractivity contribution in [3.05, 3.63) is 64.7 Å². The SMILES string of the molecule is COc1cccc(C[NH2+]CCc2ccc(Cl)cc2)c1. The summed E-state index contributed by atoms with van der Waals surface area (Å²) >= 11 is 5.86. The Morgan fingerprint density at radius 3 is 2.58 bits per heavy atom. The fourth-order valence-electron chi connectivity index (χ4n) is 1.99. The summed E-state index contributed by atoms with van der Waals surface area (Å²) in [7, 11) is 1.70. The second kappa shape index (κ2) is 7.17. The molecule has 0 saturated carbocycles. The van der Waals surface area contributed by atoms with E-state index in [-0.39, 0.29) is 0 Å². The molecule has 0 amide bonds. The van der Waals surface area contributed by atoms with E-state index >= 15 is 0 Å². The number of hydrogen-bond acceptors (Lipinski definition) is 1. The molecular weight excluding hydrogens is 258 g/mol. The summed E-state index contributed by atoms with van der Waals surface area (Å²) in [6, 6.07) is 16.3. The van der Waals surface area contributed by atoms with Gasteiger partial charge in [0.15, 0.2) is 0 Å². The molecule has 0 heterocycles. The van der Waals surface area contributed by atoms with Crippen LogP contribution >= 0.6 is 11.6 Å². The molecule has 2 nitrogen and oxygen atoms in total. The van der Waals surface area contributed by atoms with Gasteiger partial charge in [-0.3, -0.25) is 0 Å². The molecule has 19 heavy (non-hydrogen) atoms. The lowest BCUT2D eigenvalue weighted by molar-refractivity contribution is -0.670. The summed E-state index contributed by atoms with van der Waals surface area (Å²) in [4.78, 5) is 0. The average molecular weight is 277 g/mol. The molecule has 0 saturated heterocycles. The third-order valence-corrected chi connectivity index (χ3v) is 3.32. The highest BCUT2D eigenvalue weighted by molar-refractivity contribution is 6.30. The zero-order valence-electron chi connectivity index (χ0n) is 11.1. The molecule has 2 N–H and O–H groups in total. The summed E-state index contributed by atoms with van der Waals surface area (Å²) in [6.07, 6.45) is 1.06.